The summed E-state index contributed by atoms with van der Waals surface area (Å²) in [6.07, 6.45) is 1.16. The lowest BCUT2D eigenvalue weighted by Gasteiger charge is -2.16. The van der Waals surface area contributed by atoms with E-state index >= 15 is 0 Å². The van der Waals surface area contributed by atoms with Crippen LogP contribution in [-0.2, 0) is 5.41 Å². The predicted molar refractivity (Wildman–Crippen MR) is 55.8 cm³/mol. The molecule has 2 heteroatoms. The fourth-order valence-corrected chi connectivity index (χ4v) is 2.35. The van der Waals surface area contributed by atoms with E-state index in [4.69, 9.17) is 0 Å². The smallest absolute Gasteiger partial charge is 0.123 e. The first kappa shape index (κ1) is 9.66. The quantitative estimate of drug-likeness (QED) is 0.776. The van der Waals surface area contributed by atoms with Gasteiger partial charge in [-0.25, -0.2) is 4.39 Å². The number of rotatable bonds is 3. The van der Waals surface area contributed by atoms with Crippen LogP contribution in [0.5, 0.6) is 0 Å². The highest BCUT2D eigenvalue weighted by molar-refractivity contribution is 5.34. The SMILES string of the molecule is CNCC1(c2cccc(F)c2)CC1C. The highest BCUT2D eigenvalue weighted by Crippen LogP contribution is 2.53. The van der Waals surface area contributed by atoms with Gasteiger partial charge in [-0.05, 0) is 37.1 Å². The van der Waals surface area contributed by atoms with Crippen LogP contribution in [0.4, 0.5) is 4.39 Å². The maximum absolute atomic E-state index is 13.1. The zero-order chi connectivity index (χ0) is 10.2. The van der Waals surface area contributed by atoms with Gasteiger partial charge in [0.2, 0.25) is 0 Å². The number of likely N-dealkylation sites (N-methyl/N-ethyl adjacent to an activating group) is 1. The molecule has 0 aliphatic heterocycles. The van der Waals surface area contributed by atoms with E-state index in [0.29, 0.717) is 5.92 Å². The third-order valence-electron chi connectivity index (χ3n) is 3.35. The number of nitrogens with one attached hydrogen (secondary N) is 1. The van der Waals surface area contributed by atoms with E-state index in [2.05, 4.69) is 12.2 Å². The molecule has 0 saturated heterocycles. The summed E-state index contributed by atoms with van der Waals surface area (Å²) in [6.45, 7) is 3.17. The number of hydrogen-bond donors (Lipinski definition) is 1. The lowest BCUT2D eigenvalue weighted by atomic mass is 9.93. The molecule has 0 spiro atoms. The molecule has 2 atom stereocenters. The minimum Gasteiger partial charge on any atom is -0.319 e. The number of halogens is 1. The molecule has 2 rings (SSSR count). The normalized spacial score (nSPS) is 30.4. The lowest BCUT2D eigenvalue weighted by molar-refractivity contribution is 0.569. The molecule has 1 aliphatic rings. The first-order chi connectivity index (χ1) is 6.69. The summed E-state index contributed by atoms with van der Waals surface area (Å²) in [5.74, 6) is 0.536. The summed E-state index contributed by atoms with van der Waals surface area (Å²) in [6, 6.07) is 7.00. The van der Waals surface area contributed by atoms with Crippen LogP contribution in [0, 0.1) is 11.7 Å². The van der Waals surface area contributed by atoms with Crippen molar-refractivity contribution in [2.75, 3.05) is 13.6 Å². The second-order valence-corrected chi connectivity index (χ2v) is 4.30. The van der Waals surface area contributed by atoms with Gasteiger partial charge >= 0.3 is 0 Å². The Labute approximate surface area is 84.3 Å². The Bertz CT molecular complexity index is 337. The van der Waals surface area contributed by atoms with Gasteiger partial charge < -0.3 is 5.32 Å². The Morgan fingerprint density at radius 2 is 2.29 bits per heavy atom. The molecule has 0 amide bonds. The molecular weight excluding hydrogens is 177 g/mol. The van der Waals surface area contributed by atoms with Crippen molar-refractivity contribution in [3.8, 4) is 0 Å². The van der Waals surface area contributed by atoms with Crippen molar-refractivity contribution < 1.29 is 4.39 Å². The molecular formula is C12H16FN. The lowest BCUT2D eigenvalue weighted by Crippen LogP contribution is -2.25. The summed E-state index contributed by atoms with van der Waals surface area (Å²) < 4.78 is 13.1. The van der Waals surface area contributed by atoms with Crippen LogP contribution < -0.4 is 5.32 Å². The Morgan fingerprint density at radius 1 is 1.57 bits per heavy atom. The fourth-order valence-electron chi connectivity index (χ4n) is 2.35. The predicted octanol–water partition coefficient (Wildman–Crippen LogP) is 2.32. The van der Waals surface area contributed by atoms with Crippen molar-refractivity contribution in [2.24, 2.45) is 5.92 Å². The average Bonchev–Trinajstić information content (AvgIpc) is 2.79. The summed E-state index contributed by atoms with van der Waals surface area (Å²) in [4.78, 5) is 0. The van der Waals surface area contributed by atoms with Crippen molar-refractivity contribution in [1.82, 2.24) is 5.32 Å². The first-order valence-corrected chi connectivity index (χ1v) is 5.10. The van der Waals surface area contributed by atoms with Crippen molar-refractivity contribution in [3.63, 3.8) is 0 Å². The van der Waals surface area contributed by atoms with E-state index in [-0.39, 0.29) is 11.2 Å². The Kier molecular flexibility index (Phi) is 2.31. The van der Waals surface area contributed by atoms with Gasteiger partial charge in [0.05, 0.1) is 0 Å². The maximum atomic E-state index is 13.1. The molecule has 1 N–H and O–H groups in total. The third kappa shape index (κ3) is 1.44. The highest BCUT2D eigenvalue weighted by Gasteiger charge is 2.51. The van der Waals surface area contributed by atoms with E-state index in [0.717, 1.165) is 18.5 Å². The monoisotopic (exact) mass is 193 g/mol. The standard InChI is InChI=1S/C12H16FN/c1-9-7-12(9,8-14-2)10-4-3-5-11(13)6-10/h3-6,9,14H,7-8H2,1-2H3. The van der Waals surface area contributed by atoms with Crippen molar-refractivity contribution >= 4 is 0 Å². The molecule has 1 nitrogen and oxygen atoms in total. The van der Waals surface area contributed by atoms with Crippen LogP contribution in [0.25, 0.3) is 0 Å². The van der Waals surface area contributed by atoms with Crippen LogP contribution in [0.3, 0.4) is 0 Å². The maximum Gasteiger partial charge on any atom is 0.123 e. The van der Waals surface area contributed by atoms with E-state index in [9.17, 15) is 4.39 Å². The van der Waals surface area contributed by atoms with Crippen LogP contribution >= 0.6 is 0 Å². The van der Waals surface area contributed by atoms with Gasteiger partial charge in [0.1, 0.15) is 5.82 Å². The van der Waals surface area contributed by atoms with Crippen LogP contribution in [-0.4, -0.2) is 13.6 Å². The zero-order valence-electron chi connectivity index (χ0n) is 8.68. The highest BCUT2D eigenvalue weighted by atomic mass is 19.1. The molecule has 0 aromatic heterocycles. The summed E-state index contributed by atoms with van der Waals surface area (Å²) in [5, 5.41) is 3.20. The van der Waals surface area contributed by atoms with E-state index < -0.39 is 0 Å². The third-order valence-corrected chi connectivity index (χ3v) is 3.35. The molecule has 1 saturated carbocycles. The molecule has 0 radical (unpaired) electrons. The van der Waals surface area contributed by atoms with E-state index in [1.807, 2.05) is 13.1 Å². The molecule has 1 fully saturated rings. The van der Waals surface area contributed by atoms with Gasteiger partial charge in [-0.15, -0.1) is 0 Å². The van der Waals surface area contributed by atoms with Gasteiger partial charge in [0.15, 0.2) is 0 Å². The molecule has 0 heterocycles. The fraction of sp³-hybridized carbons (Fsp3) is 0.500. The largest absolute Gasteiger partial charge is 0.319 e. The van der Waals surface area contributed by atoms with Crippen LogP contribution in [0.2, 0.25) is 0 Å². The van der Waals surface area contributed by atoms with E-state index in [1.54, 1.807) is 12.1 Å². The van der Waals surface area contributed by atoms with Crippen molar-refractivity contribution in [3.05, 3.63) is 35.6 Å². The minimum atomic E-state index is -0.128. The summed E-state index contributed by atoms with van der Waals surface area (Å²) in [7, 11) is 1.95. The van der Waals surface area contributed by atoms with Gasteiger partial charge in [-0.1, -0.05) is 19.1 Å². The average molecular weight is 193 g/mol. The topological polar surface area (TPSA) is 12.0 Å². The molecule has 14 heavy (non-hydrogen) atoms. The van der Waals surface area contributed by atoms with Gasteiger partial charge in [-0.2, -0.15) is 0 Å². The Balaban J connectivity index is 2.29. The van der Waals surface area contributed by atoms with Gasteiger partial charge in [0.25, 0.3) is 0 Å². The molecule has 1 aromatic rings. The van der Waals surface area contributed by atoms with Crippen LogP contribution in [0.1, 0.15) is 18.9 Å². The van der Waals surface area contributed by atoms with Crippen LogP contribution in [0.15, 0.2) is 24.3 Å². The summed E-state index contributed by atoms with van der Waals surface area (Å²) >= 11 is 0. The molecule has 76 valence electrons. The van der Waals surface area contributed by atoms with Crippen molar-refractivity contribution in [1.29, 1.82) is 0 Å². The summed E-state index contributed by atoms with van der Waals surface area (Å²) in [5.41, 5.74) is 1.33. The Hall–Kier alpha value is -0.890. The van der Waals surface area contributed by atoms with Gasteiger partial charge in [0, 0.05) is 12.0 Å². The molecule has 0 bridgehead atoms. The second kappa shape index (κ2) is 3.35. The first-order valence-electron chi connectivity index (χ1n) is 5.10. The van der Waals surface area contributed by atoms with Gasteiger partial charge in [-0.3, -0.25) is 0 Å². The number of benzene rings is 1. The molecule has 1 aromatic carbocycles. The number of hydrogen-bond acceptors (Lipinski definition) is 1. The van der Waals surface area contributed by atoms with Crippen molar-refractivity contribution in [2.45, 2.75) is 18.8 Å². The molecule has 1 aliphatic carbocycles. The molecule has 2 unspecified atom stereocenters. The van der Waals surface area contributed by atoms with E-state index in [1.165, 1.54) is 6.07 Å². The zero-order valence-corrected chi connectivity index (χ0v) is 8.68. The minimum absolute atomic E-state index is 0.128. The Morgan fingerprint density at radius 3 is 2.79 bits per heavy atom. The second-order valence-electron chi connectivity index (χ2n) is 4.30.